The van der Waals surface area contributed by atoms with Crippen LogP contribution in [0.1, 0.15) is 50.8 Å². The molecule has 1 aromatic carbocycles. The van der Waals surface area contributed by atoms with E-state index in [1.54, 1.807) is 12.4 Å². The number of halogens is 1. The molecule has 1 heterocycles. The fourth-order valence-electron chi connectivity index (χ4n) is 3.22. The van der Waals surface area contributed by atoms with E-state index in [9.17, 15) is 4.79 Å². The molecule has 4 heteroatoms. The van der Waals surface area contributed by atoms with Crippen molar-refractivity contribution < 1.29 is 9.53 Å². The summed E-state index contributed by atoms with van der Waals surface area (Å²) in [5.74, 6) is -0.272. The minimum absolute atomic E-state index is 0.192. The van der Waals surface area contributed by atoms with Crippen molar-refractivity contribution in [3.8, 4) is 0 Å². The summed E-state index contributed by atoms with van der Waals surface area (Å²) in [5, 5.41) is 0.723. The average Bonchev–Trinajstić information content (AvgIpc) is 2.60. The van der Waals surface area contributed by atoms with E-state index in [0.29, 0.717) is 0 Å². The van der Waals surface area contributed by atoms with Gasteiger partial charge in [0, 0.05) is 35.3 Å². The smallest absolute Gasteiger partial charge is 0.303 e. The van der Waals surface area contributed by atoms with Gasteiger partial charge in [0.05, 0.1) is 0 Å². The summed E-state index contributed by atoms with van der Waals surface area (Å²) in [7, 11) is 0. The molecule has 2 rings (SSSR count). The van der Waals surface area contributed by atoms with E-state index in [4.69, 9.17) is 16.3 Å². The SMILES string of the molecule is CCC(CC)(Cc1ccc(Cl)cc1)C(OC(C)=O)c1cccnc1. The van der Waals surface area contributed by atoms with E-state index in [-0.39, 0.29) is 17.5 Å². The van der Waals surface area contributed by atoms with Crippen molar-refractivity contribution in [3.05, 3.63) is 64.9 Å². The van der Waals surface area contributed by atoms with Crippen molar-refractivity contribution in [2.45, 2.75) is 46.1 Å². The van der Waals surface area contributed by atoms with Crippen molar-refractivity contribution >= 4 is 17.6 Å². The fraction of sp³-hybridized carbons (Fsp3) is 0.400. The molecule has 0 aliphatic rings. The van der Waals surface area contributed by atoms with E-state index in [0.717, 1.165) is 29.8 Å². The van der Waals surface area contributed by atoms with Crippen LogP contribution in [0.3, 0.4) is 0 Å². The maximum absolute atomic E-state index is 11.7. The fourth-order valence-corrected chi connectivity index (χ4v) is 3.34. The molecular formula is C20H24ClNO2. The largest absolute Gasteiger partial charge is 0.457 e. The molecule has 1 atom stereocenters. The monoisotopic (exact) mass is 345 g/mol. The van der Waals surface area contributed by atoms with Crippen LogP contribution < -0.4 is 0 Å². The molecule has 0 amide bonds. The molecular weight excluding hydrogens is 322 g/mol. The molecule has 3 nitrogen and oxygen atoms in total. The van der Waals surface area contributed by atoms with Crippen LogP contribution in [0, 0.1) is 5.41 Å². The zero-order chi connectivity index (χ0) is 17.6. The predicted octanol–water partition coefficient (Wildman–Crippen LogP) is 5.39. The highest BCUT2D eigenvalue weighted by molar-refractivity contribution is 6.30. The Bertz CT molecular complexity index is 651. The Morgan fingerprint density at radius 3 is 2.38 bits per heavy atom. The maximum Gasteiger partial charge on any atom is 0.303 e. The van der Waals surface area contributed by atoms with Crippen molar-refractivity contribution in [1.82, 2.24) is 4.98 Å². The molecule has 1 aromatic heterocycles. The Morgan fingerprint density at radius 2 is 1.88 bits per heavy atom. The van der Waals surface area contributed by atoms with E-state index < -0.39 is 0 Å². The molecule has 24 heavy (non-hydrogen) atoms. The van der Waals surface area contributed by atoms with Gasteiger partial charge in [0.15, 0.2) is 0 Å². The highest BCUT2D eigenvalue weighted by Gasteiger charge is 2.39. The molecule has 2 aromatic rings. The summed E-state index contributed by atoms with van der Waals surface area (Å²) < 4.78 is 5.77. The highest BCUT2D eigenvalue weighted by Crippen LogP contribution is 2.45. The van der Waals surface area contributed by atoms with Crippen molar-refractivity contribution in [2.75, 3.05) is 0 Å². The topological polar surface area (TPSA) is 39.2 Å². The molecule has 128 valence electrons. The normalized spacial score (nSPS) is 12.7. The lowest BCUT2D eigenvalue weighted by molar-refractivity contribution is -0.155. The number of nitrogens with zero attached hydrogens (tertiary/aromatic N) is 1. The van der Waals surface area contributed by atoms with Crippen LogP contribution in [-0.4, -0.2) is 11.0 Å². The second-order valence-electron chi connectivity index (χ2n) is 6.15. The first kappa shape index (κ1) is 18.5. The van der Waals surface area contributed by atoms with Crippen LogP contribution in [0.25, 0.3) is 0 Å². The quantitative estimate of drug-likeness (QED) is 0.631. The first-order valence-electron chi connectivity index (χ1n) is 8.32. The van der Waals surface area contributed by atoms with Crippen molar-refractivity contribution in [1.29, 1.82) is 0 Å². The molecule has 0 aliphatic carbocycles. The van der Waals surface area contributed by atoms with Crippen LogP contribution in [-0.2, 0) is 16.0 Å². The number of benzene rings is 1. The summed E-state index contributed by atoms with van der Waals surface area (Å²) in [6.07, 6.45) is 5.78. The number of esters is 1. The van der Waals surface area contributed by atoms with E-state index in [2.05, 4.69) is 18.8 Å². The highest BCUT2D eigenvalue weighted by atomic mass is 35.5. The standard InChI is InChI=1S/C20H24ClNO2/c1-4-20(5-2,13-16-8-10-18(21)11-9-16)19(24-15(3)23)17-7-6-12-22-14-17/h6-12,14,19H,4-5,13H2,1-3H3. The Morgan fingerprint density at radius 1 is 1.21 bits per heavy atom. The maximum atomic E-state index is 11.7. The van der Waals surface area contributed by atoms with Crippen molar-refractivity contribution in [2.24, 2.45) is 5.41 Å². The predicted molar refractivity (Wildman–Crippen MR) is 96.9 cm³/mol. The number of hydrogen-bond donors (Lipinski definition) is 0. The van der Waals surface area contributed by atoms with Gasteiger partial charge in [-0.25, -0.2) is 0 Å². The Labute approximate surface area is 149 Å². The van der Waals surface area contributed by atoms with Gasteiger partial charge >= 0.3 is 5.97 Å². The van der Waals surface area contributed by atoms with Crippen LogP contribution in [0.15, 0.2) is 48.8 Å². The molecule has 0 N–H and O–H groups in total. The van der Waals surface area contributed by atoms with Crippen molar-refractivity contribution in [3.63, 3.8) is 0 Å². The van der Waals surface area contributed by atoms with E-state index >= 15 is 0 Å². The number of carbonyl (C=O) groups is 1. The molecule has 0 saturated carbocycles. The van der Waals surface area contributed by atoms with Gasteiger partial charge in [0.1, 0.15) is 6.10 Å². The number of aromatic nitrogens is 1. The summed E-state index contributed by atoms with van der Waals surface area (Å²) in [6.45, 7) is 5.75. The minimum atomic E-state index is -0.325. The van der Waals surface area contributed by atoms with E-state index in [1.807, 2.05) is 36.4 Å². The molecule has 1 unspecified atom stereocenters. The lowest BCUT2D eigenvalue weighted by atomic mass is 9.70. The first-order chi connectivity index (χ1) is 11.5. The summed E-state index contributed by atoms with van der Waals surface area (Å²) in [5.41, 5.74) is 1.93. The zero-order valence-electron chi connectivity index (χ0n) is 14.5. The third-order valence-corrected chi connectivity index (χ3v) is 4.96. The van der Waals surface area contributed by atoms with Gasteiger partial charge in [-0.2, -0.15) is 0 Å². The third-order valence-electron chi connectivity index (χ3n) is 4.70. The van der Waals surface area contributed by atoms with Gasteiger partial charge in [0.25, 0.3) is 0 Å². The second kappa shape index (κ2) is 8.29. The summed E-state index contributed by atoms with van der Waals surface area (Å²) in [4.78, 5) is 15.9. The van der Waals surface area contributed by atoms with Gasteiger partial charge < -0.3 is 4.74 Å². The lowest BCUT2D eigenvalue weighted by Gasteiger charge is -2.39. The molecule has 0 spiro atoms. The van der Waals surface area contributed by atoms with Gasteiger partial charge in [0.2, 0.25) is 0 Å². The van der Waals surface area contributed by atoms with E-state index in [1.165, 1.54) is 12.5 Å². The minimum Gasteiger partial charge on any atom is -0.457 e. The summed E-state index contributed by atoms with van der Waals surface area (Å²) >= 11 is 6.00. The summed E-state index contributed by atoms with van der Waals surface area (Å²) in [6, 6.07) is 11.7. The zero-order valence-corrected chi connectivity index (χ0v) is 15.2. The van der Waals surface area contributed by atoms with Crippen LogP contribution in [0.5, 0.6) is 0 Å². The average molecular weight is 346 g/mol. The van der Waals surface area contributed by atoms with Gasteiger partial charge in [-0.3, -0.25) is 9.78 Å². The molecule has 0 radical (unpaired) electrons. The van der Waals surface area contributed by atoms with Gasteiger partial charge in [-0.1, -0.05) is 43.6 Å². The lowest BCUT2D eigenvalue weighted by Crippen LogP contribution is -2.33. The third kappa shape index (κ3) is 4.35. The molecule has 0 saturated heterocycles. The number of rotatable bonds is 7. The Balaban J connectivity index is 2.42. The molecule has 0 bridgehead atoms. The number of pyridine rings is 1. The number of hydrogen-bond acceptors (Lipinski definition) is 3. The Kier molecular flexibility index (Phi) is 6.38. The Hall–Kier alpha value is -1.87. The number of ether oxygens (including phenoxy) is 1. The number of carbonyl (C=O) groups excluding carboxylic acids is 1. The second-order valence-corrected chi connectivity index (χ2v) is 6.58. The van der Waals surface area contributed by atoms with Gasteiger partial charge in [-0.05, 0) is 43.0 Å². The first-order valence-corrected chi connectivity index (χ1v) is 8.70. The van der Waals surface area contributed by atoms with Crippen LogP contribution in [0.4, 0.5) is 0 Å². The van der Waals surface area contributed by atoms with Crippen LogP contribution >= 0.6 is 11.6 Å². The molecule has 0 aliphatic heterocycles. The molecule has 0 fully saturated rings. The van der Waals surface area contributed by atoms with Crippen LogP contribution in [0.2, 0.25) is 5.02 Å². The van der Waals surface area contributed by atoms with Gasteiger partial charge in [-0.15, -0.1) is 0 Å².